The molecule has 26 heavy (non-hydrogen) atoms. The van der Waals surface area contributed by atoms with E-state index >= 15 is 0 Å². The molecule has 3 rings (SSSR count). The van der Waals surface area contributed by atoms with Crippen LogP contribution in [0.15, 0.2) is 17.5 Å². The molecule has 1 aliphatic carbocycles. The lowest BCUT2D eigenvalue weighted by atomic mass is 9.96. The number of ether oxygens (including phenoxy) is 1. The summed E-state index contributed by atoms with van der Waals surface area (Å²) < 4.78 is 5.25. The summed E-state index contributed by atoms with van der Waals surface area (Å²) in [6, 6.07) is 3.90. The summed E-state index contributed by atoms with van der Waals surface area (Å²) in [7, 11) is 0. The molecule has 0 aliphatic heterocycles. The molecule has 0 atom stereocenters. The zero-order valence-corrected chi connectivity index (χ0v) is 16.7. The Morgan fingerprint density at radius 1 is 1.27 bits per heavy atom. The summed E-state index contributed by atoms with van der Waals surface area (Å²) >= 11 is 2.99. The van der Waals surface area contributed by atoms with Crippen LogP contribution in [0.5, 0.6) is 0 Å². The van der Waals surface area contributed by atoms with E-state index in [1.54, 1.807) is 18.3 Å². The predicted octanol–water partition coefficient (Wildman–Crippen LogP) is 5.42. The molecular weight excluding hydrogens is 368 g/mol. The van der Waals surface area contributed by atoms with Crippen molar-refractivity contribution in [3.63, 3.8) is 0 Å². The maximum atomic E-state index is 12.6. The van der Waals surface area contributed by atoms with Crippen molar-refractivity contribution in [2.75, 3.05) is 11.9 Å². The number of rotatable bonds is 5. The van der Waals surface area contributed by atoms with E-state index in [0.29, 0.717) is 17.2 Å². The van der Waals surface area contributed by atoms with Crippen LogP contribution in [0.4, 0.5) is 9.80 Å². The van der Waals surface area contributed by atoms with E-state index in [0.717, 1.165) is 41.0 Å². The molecule has 0 spiro atoms. The Morgan fingerprint density at radius 2 is 2.04 bits per heavy atom. The number of anilines is 1. The number of hydrogen-bond donors (Lipinski definition) is 2. The van der Waals surface area contributed by atoms with Gasteiger partial charge in [-0.25, -0.2) is 9.59 Å². The van der Waals surface area contributed by atoms with Crippen LogP contribution in [0, 0.1) is 6.92 Å². The molecule has 0 aromatic carbocycles. The quantitative estimate of drug-likeness (QED) is 0.668. The van der Waals surface area contributed by atoms with E-state index in [2.05, 4.69) is 10.6 Å². The zero-order chi connectivity index (χ0) is 18.5. The second-order valence-electron chi connectivity index (χ2n) is 6.37. The molecule has 0 unspecified atom stereocenters. The first kappa shape index (κ1) is 18.9. The molecule has 0 bridgehead atoms. The monoisotopic (exact) mass is 392 g/mol. The largest absolute Gasteiger partial charge is 0.462 e. The normalized spacial score (nSPS) is 14.8. The van der Waals surface area contributed by atoms with E-state index in [4.69, 9.17) is 4.74 Å². The van der Waals surface area contributed by atoms with Crippen LogP contribution in [0.2, 0.25) is 0 Å². The van der Waals surface area contributed by atoms with Gasteiger partial charge in [-0.1, -0.05) is 25.3 Å². The maximum absolute atomic E-state index is 12.6. The van der Waals surface area contributed by atoms with Gasteiger partial charge in [-0.05, 0) is 38.1 Å². The van der Waals surface area contributed by atoms with Gasteiger partial charge >= 0.3 is 12.0 Å². The number of urea groups is 1. The lowest BCUT2D eigenvalue weighted by Gasteiger charge is -2.22. The number of nitrogens with one attached hydrogen (secondary N) is 2. The first-order valence-corrected chi connectivity index (χ1v) is 10.7. The molecule has 7 heteroatoms. The van der Waals surface area contributed by atoms with Gasteiger partial charge in [0, 0.05) is 21.4 Å². The van der Waals surface area contributed by atoms with Gasteiger partial charge < -0.3 is 10.1 Å². The van der Waals surface area contributed by atoms with Gasteiger partial charge in [0.15, 0.2) is 0 Å². The number of esters is 1. The van der Waals surface area contributed by atoms with Crippen LogP contribution >= 0.6 is 22.7 Å². The third-order valence-corrected chi connectivity index (χ3v) is 6.41. The van der Waals surface area contributed by atoms with Crippen molar-refractivity contribution in [1.82, 2.24) is 5.32 Å². The Bertz CT molecular complexity index is 762. The van der Waals surface area contributed by atoms with Crippen LogP contribution in [0.1, 0.15) is 54.3 Å². The van der Waals surface area contributed by atoms with Crippen LogP contribution in [-0.4, -0.2) is 24.6 Å². The van der Waals surface area contributed by atoms with E-state index in [1.807, 2.05) is 24.4 Å². The van der Waals surface area contributed by atoms with Crippen LogP contribution in [-0.2, 0) is 4.74 Å². The molecule has 2 N–H and O–H groups in total. The van der Waals surface area contributed by atoms with Gasteiger partial charge in [0.05, 0.1) is 6.61 Å². The molecule has 2 amide bonds. The fourth-order valence-electron chi connectivity index (χ4n) is 3.32. The molecule has 0 radical (unpaired) electrons. The molecule has 2 aromatic heterocycles. The summed E-state index contributed by atoms with van der Waals surface area (Å²) in [6.07, 6.45) is 5.57. The van der Waals surface area contributed by atoms with Crippen molar-refractivity contribution in [3.8, 4) is 10.4 Å². The standard InChI is InChI=1S/C19H24N2O3S2/c1-3-24-18(22)16-15(14-10-7-11-25-14)12(2)26-17(16)21-19(23)20-13-8-5-4-6-9-13/h7,10-11,13H,3-6,8-9H2,1-2H3,(H2,20,21,23). The number of carbonyl (C=O) groups is 2. The molecule has 1 fully saturated rings. The maximum Gasteiger partial charge on any atom is 0.341 e. The summed E-state index contributed by atoms with van der Waals surface area (Å²) in [5, 5.41) is 8.46. The summed E-state index contributed by atoms with van der Waals surface area (Å²) in [4.78, 5) is 27.0. The van der Waals surface area contributed by atoms with Gasteiger partial charge in [0.25, 0.3) is 0 Å². The minimum Gasteiger partial charge on any atom is -0.462 e. The van der Waals surface area contributed by atoms with Crippen molar-refractivity contribution in [2.45, 2.75) is 52.0 Å². The van der Waals surface area contributed by atoms with Crippen molar-refractivity contribution >= 4 is 39.7 Å². The zero-order valence-electron chi connectivity index (χ0n) is 15.1. The highest BCUT2D eigenvalue weighted by atomic mass is 32.1. The fraction of sp³-hybridized carbons (Fsp3) is 0.474. The molecular formula is C19H24N2O3S2. The third-order valence-electron chi connectivity index (χ3n) is 4.50. The fourth-order valence-corrected chi connectivity index (χ4v) is 5.27. The van der Waals surface area contributed by atoms with Gasteiger partial charge in [0.1, 0.15) is 10.6 Å². The molecule has 5 nitrogen and oxygen atoms in total. The van der Waals surface area contributed by atoms with Crippen molar-refractivity contribution in [2.24, 2.45) is 0 Å². The number of thiophene rings is 2. The van der Waals surface area contributed by atoms with Crippen molar-refractivity contribution in [1.29, 1.82) is 0 Å². The molecule has 0 saturated heterocycles. The topological polar surface area (TPSA) is 67.4 Å². The third kappa shape index (κ3) is 4.27. The Balaban J connectivity index is 1.85. The number of aryl methyl sites for hydroxylation is 1. The Labute approximate surface area is 161 Å². The minimum absolute atomic E-state index is 0.215. The van der Waals surface area contributed by atoms with E-state index < -0.39 is 5.97 Å². The average Bonchev–Trinajstić information content (AvgIpc) is 3.23. The highest BCUT2D eigenvalue weighted by Gasteiger charge is 2.26. The predicted molar refractivity (Wildman–Crippen MR) is 107 cm³/mol. The first-order chi connectivity index (χ1) is 12.6. The lowest BCUT2D eigenvalue weighted by Crippen LogP contribution is -2.39. The summed E-state index contributed by atoms with van der Waals surface area (Å²) in [5.74, 6) is -0.395. The average molecular weight is 393 g/mol. The SMILES string of the molecule is CCOC(=O)c1c(NC(=O)NC2CCCCC2)sc(C)c1-c1cccs1. The summed E-state index contributed by atoms with van der Waals surface area (Å²) in [5.41, 5.74) is 1.31. The lowest BCUT2D eigenvalue weighted by molar-refractivity contribution is 0.0529. The number of amides is 2. The van der Waals surface area contributed by atoms with Gasteiger partial charge in [-0.3, -0.25) is 5.32 Å². The molecule has 2 aromatic rings. The van der Waals surface area contributed by atoms with E-state index in [-0.39, 0.29) is 12.1 Å². The van der Waals surface area contributed by atoms with Crippen molar-refractivity contribution < 1.29 is 14.3 Å². The molecule has 2 heterocycles. The van der Waals surface area contributed by atoms with Gasteiger partial charge in [-0.15, -0.1) is 22.7 Å². The van der Waals surface area contributed by atoms with E-state index in [1.165, 1.54) is 17.8 Å². The molecule has 1 aliphatic rings. The van der Waals surface area contributed by atoms with Gasteiger partial charge in [0.2, 0.25) is 0 Å². The first-order valence-electron chi connectivity index (χ1n) is 9.02. The number of carbonyl (C=O) groups excluding carboxylic acids is 2. The smallest absolute Gasteiger partial charge is 0.341 e. The van der Waals surface area contributed by atoms with Gasteiger partial charge in [-0.2, -0.15) is 0 Å². The van der Waals surface area contributed by atoms with E-state index in [9.17, 15) is 9.59 Å². The highest BCUT2D eigenvalue weighted by Crippen LogP contribution is 2.42. The second-order valence-corrected chi connectivity index (χ2v) is 8.54. The minimum atomic E-state index is -0.395. The Hall–Kier alpha value is -1.86. The summed E-state index contributed by atoms with van der Waals surface area (Å²) in [6.45, 7) is 4.04. The Kier molecular flexibility index (Phi) is 6.32. The van der Waals surface area contributed by atoms with Crippen LogP contribution < -0.4 is 10.6 Å². The van der Waals surface area contributed by atoms with Crippen LogP contribution in [0.25, 0.3) is 10.4 Å². The number of hydrogen-bond acceptors (Lipinski definition) is 5. The Morgan fingerprint density at radius 3 is 2.69 bits per heavy atom. The van der Waals surface area contributed by atoms with Crippen molar-refractivity contribution in [3.05, 3.63) is 28.0 Å². The highest BCUT2D eigenvalue weighted by molar-refractivity contribution is 7.18. The van der Waals surface area contributed by atoms with Crippen LogP contribution in [0.3, 0.4) is 0 Å². The molecule has 1 saturated carbocycles. The second kappa shape index (κ2) is 8.68. The molecule has 140 valence electrons.